The summed E-state index contributed by atoms with van der Waals surface area (Å²) in [5.41, 5.74) is 5.55. The summed E-state index contributed by atoms with van der Waals surface area (Å²) >= 11 is 3.18. The molecule has 6 nitrogen and oxygen atoms in total. The molecular weight excluding hydrogens is 345 g/mol. The molecule has 108 valence electrons. The molecule has 0 aliphatic rings. The van der Waals surface area contributed by atoms with Crippen molar-refractivity contribution in [1.29, 1.82) is 0 Å². The highest BCUT2D eigenvalue weighted by molar-refractivity contribution is 9.10. The van der Waals surface area contributed by atoms with Crippen LogP contribution in [0.25, 0.3) is 0 Å². The fourth-order valence-corrected chi connectivity index (χ4v) is 2.06. The van der Waals surface area contributed by atoms with Crippen LogP contribution in [0.5, 0.6) is 0 Å². The summed E-state index contributed by atoms with van der Waals surface area (Å²) in [6.07, 6.45) is 0. The van der Waals surface area contributed by atoms with Gasteiger partial charge >= 0.3 is 0 Å². The molecular formula is C13H9BrFN3O3. The minimum atomic E-state index is -0.769. The quantitative estimate of drug-likeness (QED) is 0.502. The van der Waals surface area contributed by atoms with E-state index in [-0.39, 0.29) is 16.9 Å². The van der Waals surface area contributed by atoms with Gasteiger partial charge in [0.15, 0.2) is 0 Å². The highest BCUT2D eigenvalue weighted by atomic mass is 79.9. The van der Waals surface area contributed by atoms with E-state index < -0.39 is 16.6 Å². The lowest BCUT2D eigenvalue weighted by Gasteiger charge is -2.08. The number of anilines is 2. The molecule has 0 saturated heterocycles. The van der Waals surface area contributed by atoms with E-state index in [0.717, 1.165) is 18.2 Å². The molecule has 2 aromatic rings. The van der Waals surface area contributed by atoms with Gasteiger partial charge in [-0.1, -0.05) is 0 Å². The highest BCUT2D eigenvalue weighted by Crippen LogP contribution is 2.24. The van der Waals surface area contributed by atoms with Crippen LogP contribution < -0.4 is 11.1 Å². The maximum atomic E-state index is 13.6. The first kappa shape index (κ1) is 14.9. The second-order valence-corrected chi connectivity index (χ2v) is 4.97. The Morgan fingerprint density at radius 3 is 2.67 bits per heavy atom. The van der Waals surface area contributed by atoms with Gasteiger partial charge in [-0.2, -0.15) is 0 Å². The van der Waals surface area contributed by atoms with E-state index in [0.29, 0.717) is 10.2 Å². The molecule has 2 rings (SSSR count). The van der Waals surface area contributed by atoms with Gasteiger partial charge in [0.1, 0.15) is 5.82 Å². The van der Waals surface area contributed by atoms with Gasteiger partial charge in [-0.3, -0.25) is 14.9 Å². The molecule has 0 heterocycles. The van der Waals surface area contributed by atoms with Gasteiger partial charge in [0.2, 0.25) is 0 Å². The number of non-ortho nitro benzene ring substituents is 1. The Kier molecular flexibility index (Phi) is 4.18. The second kappa shape index (κ2) is 5.88. The normalized spacial score (nSPS) is 10.2. The summed E-state index contributed by atoms with van der Waals surface area (Å²) in [6, 6.07) is 7.47. The lowest BCUT2D eigenvalue weighted by molar-refractivity contribution is -0.384. The van der Waals surface area contributed by atoms with Gasteiger partial charge in [0, 0.05) is 22.3 Å². The number of hydrogen-bond acceptors (Lipinski definition) is 4. The molecule has 0 radical (unpaired) electrons. The summed E-state index contributed by atoms with van der Waals surface area (Å²) in [6.45, 7) is 0. The minimum Gasteiger partial charge on any atom is -0.399 e. The van der Waals surface area contributed by atoms with E-state index in [1.807, 2.05) is 0 Å². The summed E-state index contributed by atoms with van der Waals surface area (Å²) in [4.78, 5) is 22.1. The Bertz CT molecular complexity index is 737. The largest absolute Gasteiger partial charge is 0.399 e. The first-order valence-electron chi connectivity index (χ1n) is 5.69. The fourth-order valence-electron chi connectivity index (χ4n) is 1.63. The highest BCUT2D eigenvalue weighted by Gasteiger charge is 2.16. The molecule has 21 heavy (non-hydrogen) atoms. The van der Waals surface area contributed by atoms with Gasteiger partial charge in [-0.15, -0.1) is 0 Å². The fraction of sp³-hybridized carbons (Fsp3) is 0. The van der Waals surface area contributed by atoms with Gasteiger partial charge in [-0.25, -0.2) is 4.39 Å². The number of nitrogens with one attached hydrogen (secondary N) is 1. The number of carbonyl (C=O) groups excluding carboxylic acids is 1. The Balaban J connectivity index is 2.33. The van der Waals surface area contributed by atoms with Gasteiger partial charge in [0.05, 0.1) is 16.2 Å². The lowest BCUT2D eigenvalue weighted by atomic mass is 10.2. The first-order chi connectivity index (χ1) is 9.88. The molecule has 0 fully saturated rings. The average Bonchev–Trinajstić information content (AvgIpc) is 2.43. The molecule has 1 amide bonds. The number of nitro groups is 1. The summed E-state index contributed by atoms with van der Waals surface area (Å²) in [7, 11) is 0. The molecule has 2 aromatic carbocycles. The minimum absolute atomic E-state index is 0.195. The van der Waals surface area contributed by atoms with Crippen LogP contribution in [0.4, 0.5) is 21.5 Å². The van der Waals surface area contributed by atoms with Crippen LogP contribution in [0.2, 0.25) is 0 Å². The van der Waals surface area contributed by atoms with Gasteiger partial charge in [-0.05, 0) is 40.2 Å². The van der Waals surface area contributed by atoms with Crippen LogP contribution >= 0.6 is 15.9 Å². The summed E-state index contributed by atoms with van der Waals surface area (Å²) < 4.78 is 14.1. The number of hydrogen-bond donors (Lipinski definition) is 2. The van der Waals surface area contributed by atoms with Crippen LogP contribution in [-0.4, -0.2) is 10.8 Å². The Labute approximate surface area is 127 Å². The Morgan fingerprint density at radius 2 is 2.00 bits per heavy atom. The molecule has 0 aliphatic carbocycles. The van der Waals surface area contributed by atoms with Crippen molar-refractivity contribution in [2.45, 2.75) is 0 Å². The number of benzene rings is 2. The molecule has 0 unspecified atom stereocenters. The maximum absolute atomic E-state index is 13.6. The number of nitrogen functional groups attached to an aromatic ring is 1. The van der Waals surface area contributed by atoms with Gasteiger partial charge in [0.25, 0.3) is 11.6 Å². The molecule has 8 heteroatoms. The van der Waals surface area contributed by atoms with Crippen LogP contribution in [0.1, 0.15) is 10.4 Å². The Morgan fingerprint density at radius 1 is 1.29 bits per heavy atom. The molecule has 0 bridgehead atoms. The number of nitrogens with zero attached hydrogens (tertiary/aromatic N) is 1. The second-order valence-electron chi connectivity index (χ2n) is 4.11. The summed E-state index contributed by atoms with van der Waals surface area (Å²) in [5, 5.41) is 13.0. The van der Waals surface area contributed by atoms with Crippen molar-refractivity contribution in [3.63, 3.8) is 0 Å². The van der Waals surface area contributed by atoms with Crippen LogP contribution in [-0.2, 0) is 0 Å². The third kappa shape index (κ3) is 3.34. The molecule has 3 N–H and O–H groups in total. The number of rotatable bonds is 3. The van der Waals surface area contributed by atoms with Crippen molar-refractivity contribution in [2.75, 3.05) is 11.1 Å². The van der Waals surface area contributed by atoms with E-state index in [1.54, 1.807) is 12.1 Å². The molecule has 0 aromatic heterocycles. The third-order valence-electron chi connectivity index (χ3n) is 2.64. The number of amides is 1. The standard InChI is InChI=1S/C13H9BrFN3O3/c14-10-3-1-7(16)5-9(10)13(19)17-12-6-8(18(20)21)2-4-11(12)15/h1-6H,16H2,(H,17,19). The zero-order valence-electron chi connectivity index (χ0n) is 10.5. The van der Waals surface area contributed by atoms with Crippen LogP contribution in [0, 0.1) is 15.9 Å². The molecule has 0 aliphatic heterocycles. The van der Waals surface area contributed by atoms with E-state index in [4.69, 9.17) is 5.73 Å². The smallest absolute Gasteiger partial charge is 0.271 e. The topological polar surface area (TPSA) is 98.3 Å². The molecule has 0 saturated carbocycles. The van der Waals surface area contributed by atoms with Gasteiger partial charge < -0.3 is 11.1 Å². The van der Waals surface area contributed by atoms with Crippen LogP contribution in [0.15, 0.2) is 40.9 Å². The number of nitrogens with two attached hydrogens (primary N) is 1. The van der Waals surface area contributed by atoms with Crippen molar-refractivity contribution >= 4 is 38.9 Å². The summed E-state index contributed by atoms with van der Waals surface area (Å²) in [5.74, 6) is -1.40. The lowest BCUT2D eigenvalue weighted by Crippen LogP contribution is -2.14. The predicted octanol–water partition coefficient (Wildman–Crippen LogP) is 3.33. The molecule has 0 atom stereocenters. The number of halogens is 2. The SMILES string of the molecule is Nc1ccc(Br)c(C(=O)Nc2cc([N+](=O)[O-])ccc2F)c1. The molecule has 0 spiro atoms. The zero-order valence-corrected chi connectivity index (χ0v) is 12.1. The monoisotopic (exact) mass is 353 g/mol. The van der Waals surface area contributed by atoms with Crippen LogP contribution in [0.3, 0.4) is 0 Å². The van der Waals surface area contributed by atoms with Crippen molar-refractivity contribution in [3.05, 3.63) is 62.4 Å². The van der Waals surface area contributed by atoms with Crippen molar-refractivity contribution in [2.24, 2.45) is 0 Å². The average molecular weight is 354 g/mol. The zero-order chi connectivity index (χ0) is 15.6. The first-order valence-corrected chi connectivity index (χ1v) is 6.48. The number of carbonyl (C=O) groups is 1. The van der Waals surface area contributed by atoms with E-state index in [9.17, 15) is 19.3 Å². The van der Waals surface area contributed by atoms with Crippen molar-refractivity contribution < 1.29 is 14.1 Å². The van der Waals surface area contributed by atoms with E-state index >= 15 is 0 Å². The predicted molar refractivity (Wildman–Crippen MR) is 79.6 cm³/mol. The van der Waals surface area contributed by atoms with Crippen molar-refractivity contribution in [1.82, 2.24) is 0 Å². The van der Waals surface area contributed by atoms with Crippen molar-refractivity contribution in [3.8, 4) is 0 Å². The Hall–Kier alpha value is -2.48. The van der Waals surface area contributed by atoms with E-state index in [2.05, 4.69) is 21.2 Å². The number of nitro benzene ring substituents is 1. The maximum Gasteiger partial charge on any atom is 0.271 e. The van der Waals surface area contributed by atoms with E-state index in [1.165, 1.54) is 6.07 Å². The third-order valence-corrected chi connectivity index (χ3v) is 3.34.